The second kappa shape index (κ2) is 8.12. The number of nitrogens with zero attached hydrogens (tertiary/aromatic N) is 3. The van der Waals surface area contributed by atoms with E-state index in [1.807, 2.05) is 105 Å². The Morgan fingerprint density at radius 1 is 0.781 bits per heavy atom. The van der Waals surface area contributed by atoms with Gasteiger partial charge >= 0.3 is 0 Å². The smallest absolute Gasteiger partial charge is 0.295 e. The van der Waals surface area contributed by atoms with Crippen LogP contribution in [0.25, 0.3) is 27.8 Å². The van der Waals surface area contributed by atoms with Crippen molar-refractivity contribution in [2.75, 3.05) is 5.32 Å². The quantitative estimate of drug-likeness (QED) is 0.392. The summed E-state index contributed by atoms with van der Waals surface area (Å²) in [5, 5.41) is 9.70. The van der Waals surface area contributed by atoms with Gasteiger partial charge in [-0.05, 0) is 60.5 Å². The lowest BCUT2D eigenvalue weighted by Gasteiger charge is -2.07. The Morgan fingerprint density at radius 2 is 1.53 bits per heavy atom. The van der Waals surface area contributed by atoms with Crippen molar-refractivity contribution in [3.63, 3.8) is 0 Å². The summed E-state index contributed by atoms with van der Waals surface area (Å²) in [6.07, 6.45) is 0. The standard InChI is InChI=1S/C27H22N4O/c1-18-7-5-11-22(15-18)26-29-25(30-31(26)24-12-6-8-19(2)16-24)27(32)28-23-14-13-20-9-3-4-10-21(20)17-23/h3-17H,1-2H3,(H,28,32). The van der Waals surface area contributed by atoms with Crippen molar-refractivity contribution >= 4 is 22.4 Å². The largest absolute Gasteiger partial charge is 0.319 e. The second-order valence-corrected chi connectivity index (χ2v) is 7.90. The molecule has 0 saturated heterocycles. The van der Waals surface area contributed by atoms with Crippen molar-refractivity contribution < 1.29 is 4.79 Å². The van der Waals surface area contributed by atoms with Gasteiger partial charge in [0.05, 0.1) is 5.69 Å². The molecule has 0 bridgehead atoms. The van der Waals surface area contributed by atoms with Crippen molar-refractivity contribution in [2.24, 2.45) is 0 Å². The van der Waals surface area contributed by atoms with Crippen molar-refractivity contribution in [3.05, 3.63) is 108 Å². The van der Waals surface area contributed by atoms with Gasteiger partial charge in [-0.3, -0.25) is 4.79 Å². The molecule has 5 heteroatoms. The van der Waals surface area contributed by atoms with E-state index in [-0.39, 0.29) is 11.7 Å². The Balaban J connectivity index is 1.54. The molecule has 1 heterocycles. The molecular formula is C27H22N4O. The Hall–Kier alpha value is -4.25. The van der Waals surface area contributed by atoms with E-state index >= 15 is 0 Å². The highest BCUT2D eigenvalue weighted by atomic mass is 16.2. The summed E-state index contributed by atoms with van der Waals surface area (Å²) in [5.74, 6) is 0.403. The zero-order valence-electron chi connectivity index (χ0n) is 17.9. The molecule has 1 N–H and O–H groups in total. The minimum Gasteiger partial charge on any atom is -0.319 e. The summed E-state index contributed by atoms with van der Waals surface area (Å²) in [5.41, 5.74) is 4.69. The first kappa shape index (κ1) is 19.7. The molecule has 0 radical (unpaired) electrons. The number of carbonyl (C=O) groups is 1. The lowest BCUT2D eigenvalue weighted by molar-refractivity contribution is 0.101. The molecule has 0 spiro atoms. The number of rotatable bonds is 4. The van der Waals surface area contributed by atoms with Crippen LogP contribution in [0.4, 0.5) is 5.69 Å². The Bertz CT molecular complexity index is 1390. The molecule has 0 aliphatic rings. The van der Waals surface area contributed by atoms with Gasteiger partial charge in [0.15, 0.2) is 5.82 Å². The molecule has 0 saturated carbocycles. The van der Waals surface area contributed by atoms with Gasteiger partial charge in [0.2, 0.25) is 5.82 Å². The van der Waals surface area contributed by atoms with E-state index in [1.54, 1.807) is 4.68 Å². The molecule has 156 valence electrons. The third-order valence-corrected chi connectivity index (χ3v) is 5.34. The molecule has 1 amide bonds. The number of anilines is 1. The molecule has 5 nitrogen and oxygen atoms in total. The van der Waals surface area contributed by atoms with E-state index in [0.717, 1.165) is 33.2 Å². The maximum absolute atomic E-state index is 13.1. The van der Waals surface area contributed by atoms with E-state index in [0.29, 0.717) is 11.5 Å². The minimum atomic E-state index is -0.347. The predicted octanol–water partition coefficient (Wildman–Crippen LogP) is 5.96. The highest BCUT2D eigenvalue weighted by Crippen LogP contribution is 2.24. The first-order chi connectivity index (χ1) is 15.6. The summed E-state index contributed by atoms with van der Waals surface area (Å²) in [4.78, 5) is 17.7. The zero-order chi connectivity index (χ0) is 22.1. The first-order valence-corrected chi connectivity index (χ1v) is 10.5. The molecule has 4 aromatic carbocycles. The summed E-state index contributed by atoms with van der Waals surface area (Å²) in [6, 6.07) is 29.9. The fraction of sp³-hybridized carbons (Fsp3) is 0.0741. The molecule has 5 rings (SSSR count). The van der Waals surface area contributed by atoms with Crippen LogP contribution in [0.3, 0.4) is 0 Å². The van der Waals surface area contributed by atoms with Crippen molar-refractivity contribution in [1.29, 1.82) is 0 Å². The van der Waals surface area contributed by atoms with E-state index in [9.17, 15) is 4.79 Å². The van der Waals surface area contributed by atoms with Crippen molar-refractivity contribution in [3.8, 4) is 17.1 Å². The van der Waals surface area contributed by atoms with Crippen LogP contribution in [-0.4, -0.2) is 20.7 Å². The zero-order valence-corrected chi connectivity index (χ0v) is 17.9. The Morgan fingerprint density at radius 3 is 2.31 bits per heavy atom. The summed E-state index contributed by atoms with van der Waals surface area (Å²) < 4.78 is 1.73. The van der Waals surface area contributed by atoms with E-state index in [2.05, 4.69) is 15.4 Å². The molecule has 5 aromatic rings. The number of benzene rings is 4. The fourth-order valence-corrected chi connectivity index (χ4v) is 3.77. The molecule has 0 atom stereocenters. The second-order valence-electron chi connectivity index (χ2n) is 7.90. The number of fused-ring (bicyclic) bond motifs is 1. The first-order valence-electron chi connectivity index (χ1n) is 10.5. The summed E-state index contributed by atoms with van der Waals surface area (Å²) in [7, 11) is 0. The number of nitrogens with one attached hydrogen (secondary N) is 1. The van der Waals surface area contributed by atoms with Crippen LogP contribution in [0.1, 0.15) is 21.7 Å². The fourth-order valence-electron chi connectivity index (χ4n) is 3.77. The predicted molar refractivity (Wildman–Crippen MR) is 128 cm³/mol. The number of aryl methyl sites for hydroxylation is 2. The average Bonchev–Trinajstić information content (AvgIpc) is 3.25. The van der Waals surface area contributed by atoms with Gasteiger partial charge in [0.25, 0.3) is 5.91 Å². The lowest BCUT2D eigenvalue weighted by atomic mass is 10.1. The number of amides is 1. The minimum absolute atomic E-state index is 0.121. The van der Waals surface area contributed by atoms with Crippen LogP contribution in [0.15, 0.2) is 91.0 Å². The number of carbonyl (C=O) groups excluding carboxylic acids is 1. The van der Waals surface area contributed by atoms with Crippen LogP contribution in [-0.2, 0) is 0 Å². The molecule has 32 heavy (non-hydrogen) atoms. The number of hydrogen-bond acceptors (Lipinski definition) is 3. The van der Waals surface area contributed by atoms with Crippen LogP contribution < -0.4 is 5.32 Å². The van der Waals surface area contributed by atoms with Gasteiger partial charge in [-0.25, -0.2) is 9.67 Å². The third-order valence-electron chi connectivity index (χ3n) is 5.34. The SMILES string of the molecule is Cc1cccc(-c2nc(C(=O)Nc3ccc4ccccc4c3)nn2-c2cccc(C)c2)c1. The van der Waals surface area contributed by atoms with Gasteiger partial charge < -0.3 is 5.32 Å². The highest BCUT2D eigenvalue weighted by Gasteiger charge is 2.19. The Labute approximate surface area is 186 Å². The molecule has 0 aliphatic heterocycles. The van der Waals surface area contributed by atoms with E-state index < -0.39 is 0 Å². The lowest BCUT2D eigenvalue weighted by Crippen LogP contribution is -2.14. The monoisotopic (exact) mass is 418 g/mol. The summed E-state index contributed by atoms with van der Waals surface area (Å²) in [6.45, 7) is 4.06. The van der Waals surface area contributed by atoms with Gasteiger partial charge in [-0.15, -0.1) is 5.10 Å². The summed E-state index contributed by atoms with van der Waals surface area (Å²) >= 11 is 0. The molecular weight excluding hydrogens is 396 g/mol. The van der Waals surface area contributed by atoms with Gasteiger partial charge in [-0.1, -0.05) is 66.2 Å². The van der Waals surface area contributed by atoms with Crippen LogP contribution in [0, 0.1) is 13.8 Å². The van der Waals surface area contributed by atoms with Gasteiger partial charge in [0, 0.05) is 11.3 Å². The maximum Gasteiger partial charge on any atom is 0.295 e. The molecule has 0 fully saturated rings. The molecule has 0 unspecified atom stereocenters. The topological polar surface area (TPSA) is 59.8 Å². The van der Waals surface area contributed by atoms with E-state index in [4.69, 9.17) is 0 Å². The normalized spacial score (nSPS) is 10.9. The number of aromatic nitrogens is 3. The van der Waals surface area contributed by atoms with Crippen LogP contribution >= 0.6 is 0 Å². The average molecular weight is 419 g/mol. The van der Waals surface area contributed by atoms with Crippen LogP contribution in [0.5, 0.6) is 0 Å². The van der Waals surface area contributed by atoms with E-state index in [1.165, 1.54) is 0 Å². The van der Waals surface area contributed by atoms with Crippen molar-refractivity contribution in [2.45, 2.75) is 13.8 Å². The molecule has 1 aromatic heterocycles. The van der Waals surface area contributed by atoms with Crippen molar-refractivity contribution in [1.82, 2.24) is 14.8 Å². The molecule has 0 aliphatic carbocycles. The number of hydrogen-bond donors (Lipinski definition) is 1. The maximum atomic E-state index is 13.1. The highest BCUT2D eigenvalue weighted by molar-refractivity contribution is 6.03. The third kappa shape index (κ3) is 3.88. The van der Waals surface area contributed by atoms with Crippen LogP contribution in [0.2, 0.25) is 0 Å². The van der Waals surface area contributed by atoms with Gasteiger partial charge in [-0.2, -0.15) is 0 Å². The Kier molecular flexibility index (Phi) is 5.00. The van der Waals surface area contributed by atoms with Gasteiger partial charge in [0.1, 0.15) is 0 Å².